The van der Waals surface area contributed by atoms with Gasteiger partial charge in [-0.1, -0.05) is 0 Å². The number of nitrogens with one attached hydrogen (secondary N) is 2. The molecular formula is C15H22N6O. The van der Waals surface area contributed by atoms with Crippen molar-refractivity contribution < 1.29 is 4.79 Å². The van der Waals surface area contributed by atoms with Crippen molar-refractivity contribution in [2.24, 2.45) is 5.92 Å². The summed E-state index contributed by atoms with van der Waals surface area (Å²) in [6.07, 6.45) is 3.44. The molecule has 1 aliphatic heterocycles. The first-order valence-corrected chi connectivity index (χ1v) is 7.83. The SMILES string of the molecule is Cc1cc(C)n2nc(C(=O)NCCC3CCCNC3)nc2n1. The Hall–Kier alpha value is -2.02. The minimum atomic E-state index is -0.230. The number of hydrogen-bond acceptors (Lipinski definition) is 5. The number of nitrogens with zero attached hydrogens (tertiary/aromatic N) is 4. The van der Waals surface area contributed by atoms with Crippen LogP contribution in [0.15, 0.2) is 6.07 Å². The van der Waals surface area contributed by atoms with E-state index in [9.17, 15) is 4.79 Å². The Kier molecular flexibility index (Phi) is 4.33. The van der Waals surface area contributed by atoms with Crippen LogP contribution in [0.4, 0.5) is 0 Å². The van der Waals surface area contributed by atoms with E-state index in [1.807, 2.05) is 19.9 Å². The van der Waals surface area contributed by atoms with Crippen LogP contribution < -0.4 is 10.6 Å². The zero-order valence-electron chi connectivity index (χ0n) is 13.1. The molecule has 2 aromatic heterocycles. The molecular weight excluding hydrogens is 280 g/mol. The lowest BCUT2D eigenvalue weighted by atomic mass is 9.96. The lowest BCUT2D eigenvalue weighted by Gasteiger charge is -2.22. The molecule has 0 aliphatic carbocycles. The molecule has 22 heavy (non-hydrogen) atoms. The Morgan fingerprint density at radius 1 is 1.45 bits per heavy atom. The van der Waals surface area contributed by atoms with Crippen LogP contribution in [0.25, 0.3) is 5.78 Å². The van der Waals surface area contributed by atoms with Crippen LogP contribution >= 0.6 is 0 Å². The molecule has 0 spiro atoms. The van der Waals surface area contributed by atoms with Gasteiger partial charge in [0.15, 0.2) is 0 Å². The van der Waals surface area contributed by atoms with Crippen LogP contribution in [0.2, 0.25) is 0 Å². The molecule has 118 valence electrons. The third kappa shape index (κ3) is 3.24. The van der Waals surface area contributed by atoms with E-state index in [-0.39, 0.29) is 11.7 Å². The van der Waals surface area contributed by atoms with E-state index in [0.717, 1.165) is 30.9 Å². The molecule has 1 amide bonds. The molecule has 1 atom stereocenters. The monoisotopic (exact) mass is 302 g/mol. The van der Waals surface area contributed by atoms with Gasteiger partial charge in [-0.05, 0) is 58.2 Å². The van der Waals surface area contributed by atoms with E-state index in [1.165, 1.54) is 12.8 Å². The van der Waals surface area contributed by atoms with Crippen molar-refractivity contribution >= 4 is 11.7 Å². The summed E-state index contributed by atoms with van der Waals surface area (Å²) in [6, 6.07) is 1.92. The Balaban J connectivity index is 1.61. The second-order valence-electron chi connectivity index (χ2n) is 5.94. The fraction of sp³-hybridized carbons (Fsp3) is 0.600. The van der Waals surface area contributed by atoms with Gasteiger partial charge in [-0.15, -0.1) is 5.10 Å². The smallest absolute Gasteiger partial charge is 0.291 e. The Labute approximate surface area is 129 Å². The summed E-state index contributed by atoms with van der Waals surface area (Å²) in [7, 11) is 0. The van der Waals surface area contributed by atoms with E-state index < -0.39 is 0 Å². The molecule has 0 radical (unpaired) electrons. The normalized spacial score (nSPS) is 18.5. The van der Waals surface area contributed by atoms with Gasteiger partial charge in [0.2, 0.25) is 5.82 Å². The highest BCUT2D eigenvalue weighted by molar-refractivity contribution is 5.90. The summed E-state index contributed by atoms with van der Waals surface area (Å²) in [4.78, 5) is 20.7. The van der Waals surface area contributed by atoms with Crippen LogP contribution in [-0.4, -0.2) is 45.1 Å². The van der Waals surface area contributed by atoms with E-state index >= 15 is 0 Å². The largest absolute Gasteiger partial charge is 0.349 e. The third-order valence-electron chi connectivity index (χ3n) is 4.06. The maximum Gasteiger partial charge on any atom is 0.291 e. The molecule has 0 aromatic carbocycles. The second-order valence-corrected chi connectivity index (χ2v) is 5.94. The maximum atomic E-state index is 12.2. The van der Waals surface area contributed by atoms with Crippen molar-refractivity contribution in [3.8, 4) is 0 Å². The van der Waals surface area contributed by atoms with E-state index in [4.69, 9.17) is 0 Å². The molecule has 0 bridgehead atoms. The average Bonchev–Trinajstić information content (AvgIpc) is 2.92. The Morgan fingerprint density at radius 3 is 3.09 bits per heavy atom. The lowest BCUT2D eigenvalue weighted by Crippen LogP contribution is -2.33. The molecule has 2 aromatic rings. The summed E-state index contributed by atoms with van der Waals surface area (Å²) < 4.78 is 1.60. The molecule has 3 rings (SSSR count). The van der Waals surface area contributed by atoms with Crippen molar-refractivity contribution in [1.29, 1.82) is 0 Å². The highest BCUT2D eigenvalue weighted by atomic mass is 16.2. The molecule has 2 N–H and O–H groups in total. The first-order valence-electron chi connectivity index (χ1n) is 7.83. The summed E-state index contributed by atoms with van der Waals surface area (Å²) in [5, 5.41) is 10.5. The minimum Gasteiger partial charge on any atom is -0.349 e. The molecule has 7 heteroatoms. The number of aromatic nitrogens is 4. The van der Waals surface area contributed by atoms with Crippen molar-refractivity contribution in [3.05, 3.63) is 23.3 Å². The van der Waals surface area contributed by atoms with Crippen LogP contribution in [0.3, 0.4) is 0 Å². The zero-order valence-corrected chi connectivity index (χ0v) is 13.1. The van der Waals surface area contributed by atoms with Crippen LogP contribution in [0.5, 0.6) is 0 Å². The number of carbonyl (C=O) groups is 1. The van der Waals surface area contributed by atoms with Gasteiger partial charge in [0, 0.05) is 17.9 Å². The number of carbonyl (C=O) groups excluding carboxylic acids is 1. The van der Waals surface area contributed by atoms with Crippen molar-refractivity contribution in [2.45, 2.75) is 33.1 Å². The van der Waals surface area contributed by atoms with Crippen LogP contribution in [0, 0.1) is 19.8 Å². The second kappa shape index (κ2) is 6.39. The number of hydrogen-bond donors (Lipinski definition) is 2. The first kappa shape index (κ1) is 14.9. The Morgan fingerprint density at radius 2 is 2.32 bits per heavy atom. The molecule has 7 nitrogen and oxygen atoms in total. The van der Waals surface area contributed by atoms with Crippen LogP contribution in [0.1, 0.15) is 41.3 Å². The topological polar surface area (TPSA) is 84.2 Å². The van der Waals surface area contributed by atoms with E-state index in [0.29, 0.717) is 18.2 Å². The fourth-order valence-electron chi connectivity index (χ4n) is 2.90. The van der Waals surface area contributed by atoms with E-state index in [1.54, 1.807) is 4.52 Å². The highest BCUT2D eigenvalue weighted by Crippen LogP contribution is 2.13. The molecule has 1 fully saturated rings. The van der Waals surface area contributed by atoms with Crippen molar-refractivity contribution in [3.63, 3.8) is 0 Å². The van der Waals surface area contributed by atoms with Gasteiger partial charge in [0.05, 0.1) is 0 Å². The molecule has 3 heterocycles. The number of fused-ring (bicyclic) bond motifs is 1. The van der Waals surface area contributed by atoms with Gasteiger partial charge in [-0.2, -0.15) is 4.98 Å². The molecule has 1 saturated heterocycles. The maximum absolute atomic E-state index is 12.2. The number of piperidine rings is 1. The van der Waals surface area contributed by atoms with E-state index in [2.05, 4.69) is 25.7 Å². The molecule has 1 unspecified atom stereocenters. The average molecular weight is 302 g/mol. The summed E-state index contributed by atoms with van der Waals surface area (Å²) in [5.41, 5.74) is 1.79. The lowest BCUT2D eigenvalue weighted by molar-refractivity contribution is 0.0940. The van der Waals surface area contributed by atoms with Gasteiger partial charge in [-0.25, -0.2) is 9.50 Å². The number of aryl methyl sites for hydroxylation is 2. The predicted octanol–water partition coefficient (Wildman–Crippen LogP) is 0.861. The summed E-state index contributed by atoms with van der Waals surface area (Å²) >= 11 is 0. The third-order valence-corrected chi connectivity index (χ3v) is 4.06. The Bertz CT molecular complexity index is 674. The van der Waals surface area contributed by atoms with Crippen molar-refractivity contribution in [1.82, 2.24) is 30.2 Å². The van der Waals surface area contributed by atoms with Gasteiger partial charge in [-0.3, -0.25) is 4.79 Å². The standard InChI is InChI=1S/C15H22N6O/c1-10-8-11(2)21-15(18-10)19-13(20-21)14(22)17-7-5-12-4-3-6-16-9-12/h8,12,16H,3-7,9H2,1-2H3,(H,17,22). The summed E-state index contributed by atoms with van der Waals surface area (Å²) in [5.74, 6) is 1.07. The number of rotatable bonds is 4. The zero-order chi connectivity index (χ0) is 15.5. The van der Waals surface area contributed by atoms with Gasteiger partial charge in [0.25, 0.3) is 11.7 Å². The van der Waals surface area contributed by atoms with Gasteiger partial charge in [0.1, 0.15) is 0 Å². The minimum absolute atomic E-state index is 0.183. The predicted molar refractivity (Wildman–Crippen MR) is 82.8 cm³/mol. The van der Waals surface area contributed by atoms with Crippen molar-refractivity contribution in [2.75, 3.05) is 19.6 Å². The molecule has 0 saturated carbocycles. The fourth-order valence-corrected chi connectivity index (χ4v) is 2.90. The molecule has 1 aliphatic rings. The quantitative estimate of drug-likeness (QED) is 0.875. The number of amides is 1. The highest BCUT2D eigenvalue weighted by Gasteiger charge is 2.16. The van der Waals surface area contributed by atoms with Crippen LogP contribution in [-0.2, 0) is 0 Å². The van der Waals surface area contributed by atoms with Gasteiger partial charge >= 0.3 is 0 Å². The summed E-state index contributed by atoms with van der Waals surface area (Å²) in [6.45, 7) is 6.64. The first-order chi connectivity index (χ1) is 10.6. The van der Waals surface area contributed by atoms with Gasteiger partial charge < -0.3 is 10.6 Å².